The van der Waals surface area contributed by atoms with Crippen LogP contribution in [0.5, 0.6) is 0 Å². The summed E-state index contributed by atoms with van der Waals surface area (Å²) in [4.78, 5) is 22.0. The molecule has 5 nitrogen and oxygen atoms in total. The van der Waals surface area contributed by atoms with Gasteiger partial charge in [-0.1, -0.05) is 22.9 Å². The van der Waals surface area contributed by atoms with E-state index < -0.39 is 0 Å². The van der Waals surface area contributed by atoms with E-state index in [1.165, 1.54) is 4.70 Å². The number of carbonyl (C=O) groups excluding carboxylic acids is 1. The Morgan fingerprint density at radius 3 is 2.85 bits per heavy atom. The quantitative estimate of drug-likeness (QED) is 0.780. The summed E-state index contributed by atoms with van der Waals surface area (Å²) in [6.07, 6.45) is 2.69. The summed E-state index contributed by atoms with van der Waals surface area (Å²) in [5.74, 6) is 0.449. The van der Waals surface area contributed by atoms with E-state index in [1.54, 1.807) is 11.3 Å². The molecule has 140 valence electrons. The number of hydrogen-bond acceptors (Lipinski definition) is 5. The summed E-state index contributed by atoms with van der Waals surface area (Å²) in [5.41, 5.74) is 2.04. The highest BCUT2D eigenvalue weighted by Crippen LogP contribution is 2.34. The molecule has 2 fully saturated rings. The van der Waals surface area contributed by atoms with E-state index in [2.05, 4.69) is 4.90 Å². The lowest BCUT2D eigenvalue weighted by atomic mass is 9.98. The van der Waals surface area contributed by atoms with Gasteiger partial charge < -0.3 is 14.5 Å². The van der Waals surface area contributed by atoms with Crippen LogP contribution < -0.4 is 4.90 Å². The topological polar surface area (TPSA) is 45.7 Å². The molecule has 0 aliphatic carbocycles. The van der Waals surface area contributed by atoms with Crippen LogP contribution in [0.1, 0.15) is 24.8 Å². The molecule has 0 bridgehead atoms. The molecule has 0 radical (unpaired) electrons. The van der Waals surface area contributed by atoms with Crippen molar-refractivity contribution in [1.29, 1.82) is 0 Å². The predicted octanol–water partition coefficient (Wildman–Crippen LogP) is 3.72. The lowest BCUT2D eigenvalue weighted by Crippen LogP contribution is -2.40. The van der Waals surface area contributed by atoms with Gasteiger partial charge in [-0.3, -0.25) is 4.79 Å². The summed E-state index contributed by atoms with van der Waals surface area (Å²) in [6, 6.07) is 3.99. The molecule has 1 aromatic carbocycles. The van der Waals surface area contributed by atoms with E-state index in [1.807, 2.05) is 24.0 Å². The van der Waals surface area contributed by atoms with Crippen LogP contribution in [0.15, 0.2) is 12.1 Å². The van der Waals surface area contributed by atoms with Crippen LogP contribution in [0, 0.1) is 12.8 Å². The zero-order chi connectivity index (χ0) is 18.1. The molecule has 0 unspecified atom stereocenters. The largest absolute Gasteiger partial charge is 0.381 e. The number of ether oxygens (including phenoxy) is 1. The maximum atomic E-state index is 12.8. The fourth-order valence-corrected chi connectivity index (χ4v) is 4.99. The maximum Gasteiger partial charge on any atom is 0.225 e. The van der Waals surface area contributed by atoms with E-state index in [-0.39, 0.29) is 5.92 Å². The molecule has 2 aliphatic rings. The molecule has 3 heterocycles. The van der Waals surface area contributed by atoms with Gasteiger partial charge in [0.15, 0.2) is 5.13 Å². The number of amides is 1. The van der Waals surface area contributed by atoms with Crippen LogP contribution in [0.3, 0.4) is 0 Å². The van der Waals surface area contributed by atoms with Gasteiger partial charge in [-0.05, 0) is 43.9 Å². The minimum absolute atomic E-state index is 0.141. The van der Waals surface area contributed by atoms with E-state index in [0.717, 1.165) is 66.7 Å². The van der Waals surface area contributed by atoms with Gasteiger partial charge in [0, 0.05) is 50.3 Å². The van der Waals surface area contributed by atoms with Gasteiger partial charge in [0.05, 0.1) is 10.2 Å². The molecule has 0 N–H and O–H groups in total. The minimum Gasteiger partial charge on any atom is -0.381 e. The lowest BCUT2D eigenvalue weighted by Gasteiger charge is -2.28. The number of aromatic nitrogens is 1. The first-order valence-electron chi connectivity index (χ1n) is 9.30. The average Bonchev–Trinajstić information content (AvgIpc) is 2.95. The van der Waals surface area contributed by atoms with Crippen molar-refractivity contribution in [2.75, 3.05) is 44.3 Å². The number of benzene rings is 1. The Morgan fingerprint density at radius 2 is 2.04 bits per heavy atom. The summed E-state index contributed by atoms with van der Waals surface area (Å²) < 4.78 is 6.56. The third kappa shape index (κ3) is 3.55. The SMILES string of the molecule is Cc1c(Cl)ccc2sc(N3CCCN(C(=O)C4CCOCC4)CC3)nc12. The standard InChI is InChI=1S/C19H24ClN3O2S/c1-13-15(20)3-4-16-17(13)21-19(26-16)23-8-2-7-22(9-10-23)18(24)14-5-11-25-12-6-14/h3-4,14H,2,5-12H2,1H3. The molecule has 0 atom stereocenters. The Kier molecular flexibility index (Phi) is 5.34. The monoisotopic (exact) mass is 393 g/mol. The van der Waals surface area contributed by atoms with Gasteiger partial charge in [-0.2, -0.15) is 0 Å². The summed E-state index contributed by atoms with van der Waals surface area (Å²) in [7, 11) is 0. The van der Waals surface area contributed by atoms with Gasteiger partial charge in [-0.25, -0.2) is 4.98 Å². The third-order valence-corrected chi connectivity index (χ3v) is 6.88. The highest BCUT2D eigenvalue weighted by molar-refractivity contribution is 7.22. The highest BCUT2D eigenvalue weighted by Gasteiger charge is 2.28. The van der Waals surface area contributed by atoms with E-state index in [9.17, 15) is 4.79 Å². The number of halogens is 1. The Morgan fingerprint density at radius 1 is 1.23 bits per heavy atom. The predicted molar refractivity (Wildman–Crippen MR) is 106 cm³/mol. The fourth-order valence-electron chi connectivity index (χ4n) is 3.76. The fraction of sp³-hybridized carbons (Fsp3) is 0.579. The Labute approximate surface area is 162 Å². The smallest absolute Gasteiger partial charge is 0.225 e. The first kappa shape index (κ1) is 18.0. The molecular formula is C19H24ClN3O2S. The van der Waals surface area contributed by atoms with Crippen LogP contribution >= 0.6 is 22.9 Å². The van der Waals surface area contributed by atoms with Gasteiger partial charge in [-0.15, -0.1) is 0 Å². The lowest BCUT2D eigenvalue weighted by molar-refractivity contribution is -0.138. The van der Waals surface area contributed by atoms with Crippen LogP contribution in [0.2, 0.25) is 5.02 Å². The zero-order valence-corrected chi connectivity index (χ0v) is 16.6. The number of nitrogens with zero attached hydrogens (tertiary/aromatic N) is 3. The molecule has 2 aromatic rings. The zero-order valence-electron chi connectivity index (χ0n) is 15.0. The van der Waals surface area contributed by atoms with Crippen molar-refractivity contribution in [1.82, 2.24) is 9.88 Å². The van der Waals surface area contributed by atoms with Crippen LogP contribution in [0.4, 0.5) is 5.13 Å². The van der Waals surface area contributed by atoms with Crippen molar-refractivity contribution in [2.45, 2.75) is 26.2 Å². The van der Waals surface area contributed by atoms with Crippen molar-refractivity contribution in [2.24, 2.45) is 5.92 Å². The second-order valence-electron chi connectivity index (χ2n) is 7.07. The van der Waals surface area contributed by atoms with Crippen molar-refractivity contribution in [3.05, 3.63) is 22.7 Å². The molecule has 0 spiro atoms. The maximum absolute atomic E-state index is 12.8. The highest BCUT2D eigenvalue weighted by atomic mass is 35.5. The minimum atomic E-state index is 0.141. The van der Waals surface area contributed by atoms with E-state index in [0.29, 0.717) is 19.1 Å². The molecule has 26 heavy (non-hydrogen) atoms. The van der Waals surface area contributed by atoms with E-state index >= 15 is 0 Å². The second-order valence-corrected chi connectivity index (χ2v) is 8.48. The van der Waals surface area contributed by atoms with Gasteiger partial charge >= 0.3 is 0 Å². The molecule has 1 aromatic heterocycles. The molecular weight excluding hydrogens is 370 g/mol. The molecule has 0 saturated carbocycles. The van der Waals surface area contributed by atoms with E-state index in [4.69, 9.17) is 21.3 Å². The number of hydrogen-bond donors (Lipinski definition) is 0. The summed E-state index contributed by atoms with van der Waals surface area (Å²) >= 11 is 7.94. The molecule has 2 aliphatic heterocycles. The van der Waals surface area contributed by atoms with Gasteiger partial charge in [0.1, 0.15) is 0 Å². The van der Waals surface area contributed by atoms with Crippen molar-refractivity contribution in [3.8, 4) is 0 Å². The number of fused-ring (bicyclic) bond motifs is 1. The average molecular weight is 394 g/mol. The first-order chi connectivity index (χ1) is 12.6. The number of rotatable bonds is 2. The Bertz CT molecular complexity index is 803. The number of thiazole rings is 1. The van der Waals surface area contributed by atoms with Crippen LogP contribution in [-0.4, -0.2) is 55.2 Å². The molecule has 4 rings (SSSR count). The first-order valence-corrected chi connectivity index (χ1v) is 10.5. The van der Waals surface area contributed by atoms with Crippen molar-refractivity contribution in [3.63, 3.8) is 0 Å². The molecule has 2 saturated heterocycles. The van der Waals surface area contributed by atoms with Gasteiger partial charge in [0.25, 0.3) is 0 Å². The van der Waals surface area contributed by atoms with Crippen molar-refractivity contribution >= 4 is 44.2 Å². The molecule has 7 heteroatoms. The normalized spacial score (nSPS) is 19.8. The number of anilines is 1. The van der Waals surface area contributed by atoms with Crippen molar-refractivity contribution < 1.29 is 9.53 Å². The number of aryl methyl sites for hydroxylation is 1. The second kappa shape index (κ2) is 7.71. The summed E-state index contributed by atoms with van der Waals surface area (Å²) in [5, 5.41) is 1.80. The Balaban J connectivity index is 1.46. The van der Waals surface area contributed by atoms with Crippen LogP contribution in [0.25, 0.3) is 10.2 Å². The third-order valence-electron chi connectivity index (χ3n) is 5.39. The summed E-state index contributed by atoms with van der Waals surface area (Å²) in [6.45, 7) is 6.82. The van der Waals surface area contributed by atoms with Crippen LogP contribution in [-0.2, 0) is 9.53 Å². The number of carbonyl (C=O) groups is 1. The molecule has 1 amide bonds. The Hall–Kier alpha value is -1.37. The van der Waals surface area contributed by atoms with Gasteiger partial charge in [0.2, 0.25) is 5.91 Å².